The molecule has 2 aromatic rings. The molecule has 1 saturated heterocycles. The molecule has 2 N–H and O–H groups in total. The maximum atomic E-state index is 12.6. The molecule has 0 bridgehead atoms. The van der Waals surface area contributed by atoms with E-state index in [4.69, 9.17) is 0 Å². The Morgan fingerprint density at radius 1 is 1.38 bits per heavy atom. The average Bonchev–Trinajstić information content (AvgIpc) is 3.16. The number of carbonyl (C=O) groups is 1. The van der Waals surface area contributed by atoms with Gasteiger partial charge in [0.25, 0.3) is 0 Å². The summed E-state index contributed by atoms with van der Waals surface area (Å²) >= 11 is 3.43. The predicted molar refractivity (Wildman–Crippen MR) is 96.6 cm³/mol. The fourth-order valence-corrected chi connectivity index (χ4v) is 3.25. The number of amides is 2. The molecule has 1 fully saturated rings. The monoisotopic (exact) mass is 392 g/mol. The van der Waals surface area contributed by atoms with Crippen molar-refractivity contribution in [2.45, 2.75) is 32.7 Å². The molecule has 3 rings (SSSR count). The zero-order chi connectivity index (χ0) is 17.3. The minimum atomic E-state index is -0.187. The van der Waals surface area contributed by atoms with E-state index in [9.17, 15) is 9.90 Å². The first-order valence-corrected chi connectivity index (χ1v) is 8.81. The van der Waals surface area contributed by atoms with E-state index >= 15 is 0 Å². The summed E-state index contributed by atoms with van der Waals surface area (Å²) in [7, 11) is 0. The molecule has 1 atom stereocenters. The molecule has 7 heteroatoms. The first kappa shape index (κ1) is 17.0. The van der Waals surface area contributed by atoms with Crippen molar-refractivity contribution in [3.63, 3.8) is 0 Å². The highest BCUT2D eigenvalue weighted by Crippen LogP contribution is 2.25. The highest BCUT2D eigenvalue weighted by molar-refractivity contribution is 9.10. The molecule has 1 aliphatic rings. The number of hydrogen-bond acceptors (Lipinski definition) is 3. The average molecular weight is 393 g/mol. The smallest absolute Gasteiger partial charge is 0.323 e. The minimum Gasteiger partial charge on any atom is -0.394 e. The number of aliphatic hydroxyl groups excluding tert-OH is 1. The van der Waals surface area contributed by atoms with Crippen molar-refractivity contribution in [3.8, 4) is 5.69 Å². The zero-order valence-electron chi connectivity index (χ0n) is 13.8. The molecule has 2 heterocycles. The van der Waals surface area contributed by atoms with Gasteiger partial charge in [0.1, 0.15) is 5.82 Å². The molecule has 0 spiro atoms. The number of likely N-dealkylation sites (tertiary alicyclic amines) is 1. The number of urea groups is 1. The molecule has 2 amide bonds. The third-order valence-electron chi connectivity index (χ3n) is 4.50. The van der Waals surface area contributed by atoms with Crippen LogP contribution >= 0.6 is 15.9 Å². The Morgan fingerprint density at radius 2 is 2.08 bits per heavy atom. The van der Waals surface area contributed by atoms with Crippen molar-refractivity contribution in [1.82, 2.24) is 14.7 Å². The van der Waals surface area contributed by atoms with Crippen molar-refractivity contribution in [2.24, 2.45) is 0 Å². The molecule has 0 saturated carbocycles. The van der Waals surface area contributed by atoms with Crippen LogP contribution in [0.25, 0.3) is 5.69 Å². The van der Waals surface area contributed by atoms with Gasteiger partial charge in [0.05, 0.1) is 24.0 Å². The van der Waals surface area contributed by atoms with Crippen LogP contribution in [0.5, 0.6) is 0 Å². The van der Waals surface area contributed by atoms with Crippen LogP contribution in [0.3, 0.4) is 0 Å². The Hall–Kier alpha value is -1.86. The van der Waals surface area contributed by atoms with Gasteiger partial charge < -0.3 is 10.0 Å². The van der Waals surface area contributed by atoms with Crippen LogP contribution in [0.15, 0.2) is 28.7 Å². The second kappa shape index (κ2) is 6.94. The molecule has 6 nitrogen and oxygen atoms in total. The maximum Gasteiger partial charge on any atom is 0.323 e. The van der Waals surface area contributed by atoms with Gasteiger partial charge in [-0.3, -0.25) is 5.32 Å². The first-order valence-electron chi connectivity index (χ1n) is 8.02. The summed E-state index contributed by atoms with van der Waals surface area (Å²) in [6.45, 7) is 4.53. The molecule has 0 radical (unpaired) electrons. The number of benzene rings is 1. The zero-order valence-corrected chi connectivity index (χ0v) is 15.4. The van der Waals surface area contributed by atoms with Gasteiger partial charge in [-0.05, 0) is 51.0 Å². The van der Waals surface area contributed by atoms with Crippen molar-refractivity contribution in [2.75, 3.05) is 18.5 Å². The number of nitrogens with one attached hydrogen (secondary N) is 1. The van der Waals surface area contributed by atoms with Gasteiger partial charge in [-0.15, -0.1) is 0 Å². The Labute approximate surface area is 149 Å². The van der Waals surface area contributed by atoms with Crippen LogP contribution in [0.1, 0.15) is 24.1 Å². The quantitative estimate of drug-likeness (QED) is 0.841. The van der Waals surface area contributed by atoms with Crippen molar-refractivity contribution < 1.29 is 9.90 Å². The number of rotatable bonds is 3. The lowest BCUT2D eigenvalue weighted by molar-refractivity contribution is 0.166. The number of anilines is 1. The maximum absolute atomic E-state index is 12.6. The van der Waals surface area contributed by atoms with Gasteiger partial charge in [0.15, 0.2) is 0 Å². The molecular formula is C17H21BrN4O2. The van der Waals surface area contributed by atoms with Crippen molar-refractivity contribution in [1.29, 1.82) is 0 Å². The summed E-state index contributed by atoms with van der Waals surface area (Å²) in [6, 6.07) is 7.48. The number of carbonyl (C=O) groups excluding carboxylic acids is 1. The molecule has 1 aromatic carbocycles. The van der Waals surface area contributed by atoms with Crippen LogP contribution in [-0.4, -0.2) is 45.0 Å². The van der Waals surface area contributed by atoms with E-state index in [-0.39, 0.29) is 18.7 Å². The van der Waals surface area contributed by atoms with Crippen molar-refractivity contribution >= 4 is 27.8 Å². The summed E-state index contributed by atoms with van der Waals surface area (Å²) < 4.78 is 2.74. The first-order chi connectivity index (χ1) is 11.5. The topological polar surface area (TPSA) is 70.4 Å². The molecule has 1 aromatic heterocycles. The molecule has 128 valence electrons. The Bertz CT molecular complexity index is 742. The molecule has 0 unspecified atom stereocenters. The van der Waals surface area contributed by atoms with Gasteiger partial charge in [0.2, 0.25) is 0 Å². The summed E-state index contributed by atoms with van der Waals surface area (Å²) in [5, 5.41) is 17.0. The molecule has 0 aliphatic carbocycles. The van der Waals surface area contributed by atoms with Gasteiger partial charge >= 0.3 is 6.03 Å². The number of nitrogens with zero attached hydrogens (tertiary/aromatic N) is 3. The summed E-state index contributed by atoms with van der Waals surface area (Å²) in [5.74, 6) is 0.670. The van der Waals surface area contributed by atoms with Gasteiger partial charge in [-0.1, -0.05) is 15.9 Å². The lowest BCUT2D eigenvalue weighted by atomic mass is 10.2. The van der Waals surface area contributed by atoms with E-state index in [1.807, 2.05) is 38.1 Å². The number of hydrogen-bond donors (Lipinski definition) is 2. The Balaban J connectivity index is 1.90. The Morgan fingerprint density at radius 3 is 2.75 bits per heavy atom. The van der Waals surface area contributed by atoms with E-state index < -0.39 is 0 Å². The second-order valence-electron chi connectivity index (χ2n) is 6.05. The van der Waals surface area contributed by atoms with Crippen LogP contribution in [-0.2, 0) is 0 Å². The van der Waals surface area contributed by atoms with E-state index in [1.54, 1.807) is 9.58 Å². The summed E-state index contributed by atoms with van der Waals surface area (Å²) in [4.78, 5) is 14.3. The number of aromatic nitrogens is 2. The van der Waals surface area contributed by atoms with Crippen LogP contribution in [0.4, 0.5) is 10.6 Å². The second-order valence-corrected chi connectivity index (χ2v) is 6.97. The van der Waals surface area contributed by atoms with E-state index in [0.29, 0.717) is 12.4 Å². The lowest BCUT2D eigenvalue weighted by Gasteiger charge is -2.23. The fourth-order valence-electron chi connectivity index (χ4n) is 2.99. The molecular weight excluding hydrogens is 372 g/mol. The normalized spacial score (nSPS) is 17.3. The van der Waals surface area contributed by atoms with Gasteiger partial charge in [-0.25, -0.2) is 9.48 Å². The lowest BCUT2D eigenvalue weighted by Crippen LogP contribution is -2.40. The van der Waals surface area contributed by atoms with Crippen LogP contribution < -0.4 is 5.32 Å². The third kappa shape index (κ3) is 3.18. The van der Waals surface area contributed by atoms with Crippen molar-refractivity contribution in [3.05, 3.63) is 40.0 Å². The summed E-state index contributed by atoms with van der Waals surface area (Å²) in [5.41, 5.74) is 2.68. The van der Waals surface area contributed by atoms with Gasteiger partial charge in [-0.2, -0.15) is 5.10 Å². The summed E-state index contributed by atoms with van der Waals surface area (Å²) in [6.07, 6.45) is 1.76. The SMILES string of the molecule is Cc1nn(-c2ccc(Br)cc2)c(NC(=O)N2CCC[C@@H]2CO)c1C. The standard InChI is InChI=1S/C17H21BrN4O2/c1-11-12(2)20-22(14-7-5-13(18)6-8-14)16(11)19-17(24)21-9-3-4-15(21)10-23/h5-8,15,23H,3-4,9-10H2,1-2H3,(H,19,24)/t15-/m1/s1. The highest BCUT2D eigenvalue weighted by atomic mass is 79.9. The van der Waals surface area contributed by atoms with E-state index in [0.717, 1.165) is 34.3 Å². The molecule has 24 heavy (non-hydrogen) atoms. The van der Waals surface area contributed by atoms with Gasteiger partial charge in [0, 0.05) is 16.6 Å². The largest absolute Gasteiger partial charge is 0.394 e. The molecule has 1 aliphatic heterocycles. The number of aryl methyl sites for hydroxylation is 1. The highest BCUT2D eigenvalue weighted by Gasteiger charge is 2.29. The van der Waals surface area contributed by atoms with E-state index in [1.165, 1.54) is 0 Å². The Kier molecular flexibility index (Phi) is 4.91. The third-order valence-corrected chi connectivity index (χ3v) is 5.03. The fraction of sp³-hybridized carbons (Fsp3) is 0.412. The minimum absolute atomic E-state index is 0.00258. The number of aliphatic hydroxyl groups is 1. The number of halogens is 1. The van der Waals surface area contributed by atoms with E-state index in [2.05, 4.69) is 26.3 Å². The van der Waals surface area contributed by atoms with Crippen LogP contribution in [0, 0.1) is 13.8 Å². The van der Waals surface area contributed by atoms with Crippen LogP contribution in [0.2, 0.25) is 0 Å². The predicted octanol–water partition coefficient (Wildman–Crippen LogP) is 3.24.